The first-order chi connectivity index (χ1) is 9.38. The molecule has 1 aromatic carbocycles. The molecule has 1 aliphatic rings. The quantitative estimate of drug-likeness (QED) is 0.640. The highest BCUT2D eigenvalue weighted by molar-refractivity contribution is 5.74. The molecule has 1 N–H and O–H groups in total. The molecule has 0 atom stereocenters. The molecule has 20 heavy (non-hydrogen) atoms. The van der Waals surface area contributed by atoms with Crippen LogP contribution in [0.25, 0.3) is 0 Å². The number of nitrogens with zero attached hydrogens (tertiary/aromatic N) is 2. The van der Waals surface area contributed by atoms with Gasteiger partial charge >= 0.3 is 5.97 Å². The summed E-state index contributed by atoms with van der Waals surface area (Å²) in [7, 11) is 0. The van der Waals surface area contributed by atoms with E-state index in [1.54, 1.807) is 0 Å². The van der Waals surface area contributed by atoms with Crippen molar-refractivity contribution < 1.29 is 23.6 Å². The summed E-state index contributed by atoms with van der Waals surface area (Å²) in [5.74, 6) is -3.26. The van der Waals surface area contributed by atoms with E-state index in [2.05, 4.69) is 0 Å². The Morgan fingerprint density at radius 3 is 2.35 bits per heavy atom. The smallest absolute Gasteiger partial charge is 0.323 e. The number of halogens is 2. The van der Waals surface area contributed by atoms with E-state index in [1.165, 1.54) is 0 Å². The molecule has 0 aliphatic heterocycles. The number of aliphatic carboxylic acids is 1. The van der Waals surface area contributed by atoms with Crippen LogP contribution < -0.4 is 4.90 Å². The summed E-state index contributed by atoms with van der Waals surface area (Å²) in [5.41, 5.74) is -1.23. The number of rotatable bonds is 6. The van der Waals surface area contributed by atoms with Gasteiger partial charge < -0.3 is 10.0 Å². The van der Waals surface area contributed by atoms with Gasteiger partial charge in [-0.1, -0.05) is 0 Å². The molecule has 0 saturated heterocycles. The fourth-order valence-corrected chi connectivity index (χ4v) is 1.97. The van der Waals surface area contributed by atoms with Crippen LogP contribution in [0, 0.1) is 27.7 Å². The van der Waals surface area contributed by atoms with Gasteiger partial charge in [0, 0.05) is 6.54 Å². The van der Waals surface area contributed by atoms with Gasteiger partial charge in [-0.25, -0.2) is 8.78 Å². The molecule has 1 aliphatic carbocycles. The molecule has 1 aromatic rings. The zero-order valence-corrected chi connectivity index (χ0v) is 10.4. The van der Waals surface area contributed by atoms with E-state index in [0.29, 0.717) is 12.1 Å². The Morgan fingerprint density at radius 2 is 1.95 bits per heavy atom. The van der Waals surface area contributed by atoms with Gasteiger partial charge in [-0.3, -0.25) is 14.9 Å². The number of hydrogen-bond donors (Lipinski definition) is 1. The summed E-state index contributed by atoms with van der Waals surface area (Å²) >= 11 is 0. The van der Waals surface area contributed by atoms with Gasteiger partial charge in [0.2, 0.25) is 0 Å². The van der Waals surface area contributed by atoms with E-state index in [-0.39, 0.29) is 12.5 Å². The number of hydrogen-bond acceptors (Lipinski definition) is 4. The highest BCUT2D eigenvalue weighted by Crippen LogP contribution is 2.34. The summed E-state index contributed by atoms with van der Waals surface area (Å²) in [6.45, 7) is -0.333. The minimum atomic E-state index is -1.22. The van der Waals surface area contributed by atoms with Crippen LogP contribution in [0.5, 0.6) is 0 Å². The number of anilines is 1. The second-order valence-corrected chi connectivity index (χ2v) is 4.73. The monoisotopic (exact) mass is 286 g/mol. The highest BCUT2D eigenvalue weighted by atomic mass is 19.1. The molecule has 2 rings (SSSR count). The van der Waals surface area contributed by atoms with Crippen molar-refractivity contribution >= 4 is 17.3 Å². The zero-order valence-electron chi connectivity index (χ0n) is 10.4. The zero-order chi connectivity index (χ0) is 14.9. The van der Waals surface area contributed by atoms with E-state index in [4.69, 9.17) is 5.11 Å². The maximum Gasteiger partial charge on any atom is 0.323 e. The summed E-state index contributed by atoms with van der Waals surface area (Å²) < 4.78 is 27.7. The SMILES string of the molecule is O=C(O)CN(CC1CC1)c1c(F)cc([N+](=O)[O-])cc1F. The van der Waals surface area contributed by atoms with Crippen LogP contribution in [0.1, 0.15) is 12.8 Å². The van der Waals surface area contributed by atoms with E-state index in [0.717, 1.165) is 17.7 Å². The van der Waals surface area contributed by atoms with E-state index in [1.807, 2.05) is 0 Å². The molecule has 1 fully saturated rings. The number of non-ortho nitro benzene ring substituents is 1. The van der Waals surface area contributed by atoms with Crippen LogP contribution in [-0.2, 0) is 4.79 Å². The second kappa shape index (κ2) is 5.40. The molecule has 0 spiro atoms. The Labute approximate surface area is 112 Å². The molecule has 6 nitrogen and oxygen atoms in total. The lowest BCUT2D eigenvalue weighted by atomic mass is 10.2. The molecule has 0 radical (unpaired) electrons. The van der Waals surface area contributed by atoms with Gasteiger partial charge in [-0.2, -0.15) is 0 Å². The normalized spacial score (nSPS) is 14.1. The third kappa shape index (κ3) is 3.19. The van der Waals surface area contributed by atoms with E-state index < -0.39 is 40.4 Å². The van der Waals surface area contributed by atoms with Crippen molar-refractivity contribution in [2.75, 3.05) is 18.0 Å². The predicted octanol–water partition coefficient (Wildman–Crippen LogP) is 2.17. The van der Waals surface area contributed by atoms with Gasteiger partial charge in [0.15, 0.2) is 11.6 Å². The van der Waals surface area contributed by atoms with Crippen LogP contribution in [0.15, 0.2) is 12.1 Å². The summed E-state index contributed by atoms with van der Waals surface area (Å²) in [4.78, 5) is 21.5. The van der Waals surface area contributed by atoms with Gasteiger partial charge in [0.1, 0.15) is 12.2 Å². The minimum absolute atomic E-state index is 0.211. The molecular weight excluding hydrogens is 274 g/mol. The van der Waals surface area contributed by atoms with Gasteiger partial charge in [-0.15, -0.1) is 0 Å². The van der Waals surface area contributed by atoms with Crippen LogP contribution >= 0.6 is 0 Å². The number of carboxylic acid groups (broad SMARTS) is 1. The van der Waals surface area contributed by atoms with Crippen LogP contribution in [0.3, 0.4) is 0 Å². The van der Waals surface area contributed by atoms with Crippen molar-refractivity contribution in [2.24, 2.45) is 5.92 Å². The molecule has 0 amide bonds. The first-order valence-corrected chi connectivity index (χ1v) is 5.98. The summed E-state index contributed by atoms with van der Waals surface area (Å²) in [6.07, 6.45) is 1.76. The molecular formula is C12H12F2N2O4. The Hall–Kier alpha value is -2.25. The lowest BCUT2D eigenvalue weighted by molar-refractivity contribution is -0.385. The lowest BCUT2D eigenvalue weighted by Crippen LogP contribution is -2.33. The maximum atomic E-state index is 13.9. The number of carbonyl (C=O) groups is 1. The van der Waals surface area contributed by atoms with Crippen LogP contribution in [0.2, 0.25) is 0 Å². The molecule has 0 bridgehead atoms. The summed E-state index contributed by atoms with van der Waals surface area (Å²) in [5, 5.41) is 19.3. The van der Waals surface area contributed by atoms with Crippen molar-refractivity contribution in [3.63, 3.8) is 0 Å². The topological polar surface area (TPSA) is 83.7 Å². The van der Waals surface area contributed by atoms with Crippen LogP contribution in [0.4, 0.5) is 20.2 Å². The molecule has 8 heteroatoms. The number of benzene rings is 1. The van der Waals surface area contributed by atoms with Crippen molar-refractivity contribution in [3.8, 4) is 0 Å². The fourth-order valence-electron chi connectivity index (χ4n) is 1.97. The predicted molar refractivity (Wildman–Crippen MR) is 65.6 cm³/mol. The van der Waals surface area contributed by atoms with Gasteiger partial charge in [-0.05, 0) is 18.8 Å². The standard InChI is InChI=1S/C12H12F2N2O4/c13-9-3-8(16(19)20)4-10(14)12(9)15(6-11(17)18)5-7-1-2-7/h3-4,7H,1-2,5-6H2,(H,17,18). The van der Waals surface area contributed by atoms with Crippen molar-refractivity contribution in [1.82, 2.24) is 0 Å². The summed E-state index contributed by atoms with van der Waals surface area (Å²) in [6, 6.07) is 1.19. The average Bonchev–Trinajstić information content (AvgIpc) is 3.10. The Morgan fingerprint density at radius 1 is 1.40 bits per heavy atom. The third-order valence-corrected chi connectivity index (χ3v) is 3.03. The third-order valence-electron chi connectivity index (χ3n) is 3.03. The first kappa shape index (κ1) is 14.2. The maximum absolute atomic E-state index is 13.9. The Kier molecular flexibility index (Phi) is 3.82. The largest absolute Gasteiger partial charge is 0.480 e. The molecule has 0 heterocycles. The van der Waals surface area contributed by atoms with Crippen LogP contribution in [-0.4, -0.2) is 29.1 Å². The molecule has 0 unspecified atom stereocenters. The van der Waals surface area contributed by atoms with Crippen molar-refractivity contribution in [1.29, 1.82) is 0 Å². The van der Waals surface area contributed by atoms with Crippen molar-refractivity contribution in [3.05, 3.63) is 33.9 Å². The number of nitro benzene ring substituents is 1. The number of nitro groups is 1. The molecule has 0 aromatic heterocycles. The average molecular weight is 286 g/mol. The first-order valence-electron chi connectivity index (χ1n) is 5.98. The lowest BCUT2D eigenvalue weighted by Gasteiger charge is -2.23. The number of carboxylic acids is 1. The second-order valence-electron chi connectivity index (χ2n) is 4.73. The molecule has 108 valence electrons. The minimum Gasteiger partial charge on any atom is -0.480 e. The highest BCUT2D eigenvalue weighted by Gasteiger charge is 2.29. The Balaban J connectivity index is 2.35. The Bertz CT molecular complexity index is 537. The van der Waals surface area contributed by atoms with Crippen molar-refractivity contribution in [2.45, 2.75) is 12.8 Å². The molecule has 1 saturated carbocycles. The van der Waals surface area contributed by atoms with Gasteiger partial charge in [0.05, 0.1) is 17.1 Å². The fraction of sp³-hybridized carbons (Fsp3) is 0.417. The van der Waals surface area contributed by atoms with E-state index >= 15 is 0 Å². The van der Waals surface area contributed by atoms with Gasteiger partial charge in [0.25, 0.3) is 5.69 Å². The van der Waals surface area contributed by atoms with E-state index in [9.17, 15) is 23.7 Å².